The summed E-state index contributed by atoms with van der Waals surface area (Å²) in [7, 11) is 22.8. The lowest BCUT2D eigenvalue weighted by molar-refractivity contribution is 0.0696. The van der Waals surface area contributed by atoms with Crippen LogP contribution in [0.2, 0.25) is 10.0 Å². The van der Waals surface area contributed by atoms with Gasteiger partial charge < -0.3 is 60.8 Å². The van der Waals surface area contributed by atoms with Gasteiger partial charge in [0.1, 0.15) is 11.6 Å². The third-order valence-electron chi connectivity index (χ3n) is 21.2. The van der Waals surface area contributed by atoms with Crippen molar-refractivity contribution in [1.29, 1.82) is 0 Å². The molecule has 40 heteroatoms. The van der Waals surface area contributed by atoms with E-state index in [2.05, 4.69) is 147 Å². The number of hydrogen-bond acceptors (Lipinski definition) is 26. The maximum absolute atomic E-state index is 12.5. The number of anilines is 14. The number of aromatic carboxylic acids is 1. The van der Waals surface area contributed by atoms with Gasteiger partial charge in [0.2, 0.25) is 5.88 Å². The number of rotatable bonds is 22. The number of carbonyl (C=O) groups is 3. The van der Waals surface area contributed by atoms with Crippen LogP contribution in [0.15, 0.2) is 294 Å². The number of ether oxygens (including phenoxy) is 2. The zero-order valence-electron chi connectivity index (χ0n) is 76.1. The molecule has 137 heavy (non-hydrogen) atoms. The van der Waals surface area contributed by atoms with Gasteiger partial charge in [-0.25, -0.2) is 74.2 Å². The third-order valence-corrected chi connectivity index (χ3v) is 21.7. The fraction of sp³-hybridized carbons (Fsp3) is 0.124. The van der Waals surface area contributed by atoms with Crippen LogP contribution < -0.4 is 66.3 Å². The summed E-state index contributed by atoms with van der Waals surface area (Å²) in [6.45, 7) is 0. The molecule has 38 nitrogen and oxygen atoms in total. The number of carboxylic acid groups (broad SMARTS) is 1. The largest absolute Gasteiger partial charge is 0.495 e. The Kier molecular flexibility index (Phi) is 28.0. The van der Waals surface area contributed by atoms with Crippen LogP contribution >= 0.6 is 23.2 Å². The molecule has 0 unspecified atom stereocenters. The number of pyridine rings is 2. The number of carbonyl (C=O) groups excluding carboxylic acids is 2. The Morgan fingerprint density at radius 2 is 0.752 bits per heavy atom. The topological polar surface area (TPSA) is 399 Å². The molecule has 0 fully saturated rings. The number of amides is 4. The van der Waals surface area contributed by atoms with Crippen LogP contribution in [0.5, 0.6) is 11.6 Å². The average Bonchev–Trinajstić information content (AvgIpc) is 1.68. The van der Waals surface area contributed by atoms with E-state index in [0.29, 0.717) is 79.1 Å². The van der Waals surface area contributed by atoms with Crippen LogP contribution in [0.1, 0.15) is 10.4 Å². The second kappa shape index (κ2) is 41.6. The van der Waals surface area contributed by atoms with Crippen molar-refractivity contribution in [2.24, 2.45) is 14.1 Å². The number of para-hydroxylation sites is 1. The molecule has 690 valence electrons. The number of nitrogens with one attached hydrogen (secondary N) is 7. The highest BCUT2D eigenvalue weighted by Crippen LogP contribution is 2.35. The molecular weight excluding hydrogens is 1780 g/mol. The highest BCUT2D eigenvalue weighted by molar-refractivity contribution is 6.34. The summed E-state index contributed by atoms with van der Waals surface area (Å²) in [6.07, 6.45) is 37.3. The van der Waals surface area contributed by atoms with Gasteiger partial charge in [-0.2, -0.15) is 10.2 Å². The lowest BCUT2D eigenvalue weighted by Crippen LogP contribution is -2.21. The molecular formula is C97H92Cl2N32O6. The molecule has 0 saturated heterocycles. The summed E-state index contributed by atoms with van der Waals surface area (Å²) in [5, 5.41) is 39.4. The van der Waals surface area contributed by atoms with Crippen LogP contribution in [0, 0.1) is 0 Å². The lowest BCUT2D eigenvalue weighted by Gasteiger charge is -2.14. The van der Waals surface area contributed by atoms with Crippen molar-refractivity contribution in [2.75, 3.05) is 127 Å². The minimum Gasteiger partial charge on any atom is -0.495 e. The molecule has 6 aromatic carbocycles. The molecule has 14 heterocycles. The number of imidazole rings is 5. The van der Waals surface area contributed by atoms with Crippen LogP contribution in [0.4, 0.5) is 90.0 Å². The van der Waals surface area contributed by atoms with Crippen LogP contribution in [-0.4, -0.2) is 195 Å². The molecule has 4 amide bonds. The van der Waals surface area contributed by atoms with E-state index in [4.69, 9.17) is 32.7 Å². The number of urea groups is 2. The van der Waals surface area contributed by atoms with Crippen molar-refractivity contribution in [3.8, 4) is 67.9 Å². The highest BCUT2D eigenvalue weighted by Gasteiger charge is 2.21. The van der Waals surface area contributed by atoms with Crippen LogP contribution in [0.3, 0.4) is 0 Å². The normalized spacial score (nSPS) is 10.8. The Morgan fingerprint density at radius 3 is 1.13 bits per heavy atom. The van der Waals surface area contributed by atoms with E-state index in [9.17, 15) is 19.5 Å². The van der Waals surface area contributed by atoms with E-state index in [0.717, 1.165) is 108 Å². The standard InChI is InChI=1S/C21H23N7.C21H19N5O2.C20H20N6O.C18H16ClN7O2.C17H14ClN7O/c1-26(2)17-7-5-6-16(12-17)25-20-21-24-14-18(28(21)11-10-22-20)15-8-9-19(23-13-15)27(3)4;1-25(2)17-8-4-7-16(12-17)24-19-20-23-13-18(26(20)10-9-22-19)14-5-3-6-15(11-14)21(27)28;1-25(2)16-6-4-5-15(11-16)24-19-20-23-13-17(26(20)10-9-21-19)14-7-8-18(27-3)22-12-14;1-25-10-11(8-22-25)14-9-21-17-16(20-5-6-26(14)17)24-18(27)23-13-7-12(19)3-4-15(13)28-2;1-24-10-11(8-21-24)14-9-20-16-15(19-6-7-25(14)16)23-17(26)22-13-5-3-2-4-12(13)18/h5-14H,1-4H3,(H,22,25);3-13H,1-2H3,(H,22,24)(H,27,28);4-13H,1-3H3,(H,21,24);3-10H,1-2H3,(H2,20,23,24,27);2-10H,1H3,(H2,19,22,23,26). The van der Waals surface area contributed by atoms with Crippen molar-refractivity contribution < 1.29 is 29.0 Å². The van der Waals surface area contributed by atoms with Gasteiger partial charge in [-0.15, -0.1) is 0 Å². The molecule has 0 saturated carbocycles. The van der Waals surface area contributed by atoms with Crippen molar-refractivity contribution in [3.05, 3.63) is 310 Å². The maximum atomic E-state index is 12.5. The van der Waals surface area contributed by atoms with Gasteiger partial charge in [-0.3, -0.25) is 42.0 Å². The first-order chi connectivity index (χ1) is 66.4. The Hall–Kier alpha value is -18.1. The number of methoxy groups -OCH3 is 2. The number of carboxylic acids is 1. The monoisotopic (exact) mass is 1870 g/mol. The number of benzene rings is 6. The molecule has 8 N–H and O–H groups in total. The quantitative estimate of drug-likeness (QED) is 0.0312. The van der Waals surface area contributed by atoms with Crippen molar-refractivity contribution in [2.45, 2.75) is 0 Å². The Labute approximate surface area is 794 Å². The van der Waals surface area contributed by atoms with Gasteiger partial charge >= 0.3 is 18.0 Å². The fourth-order valence-corrected chi connectivity index (χ4v) is 14.7. The van der Waals surface area contributed by atoms with E-state index >= 15 is 0 Å². The number of aromatic nitrogens is 21. The predicted octanol–water partition coefficient (Wildman–Crippen LogP) is 18.0. The van der Waals surface area contributed by atoms with Gasteiger partial charge in [-0.05, 0) is 115 Å². The van der Waals surface area contributed by atoms with Gasteiger partial charge in [0.25, 0.3) is 0 Å². The van der Waals surface area contributed by atoms with Gasteiger partial charge in [0.15, 0.2) is 57.3 Å². The summed E-state index contributed by atoms with van der Waals surface area (Å²) in [6, 6.07) is 50.0. The number of halogens is 2. The SMILES string of the molecule is CN(C)c1cccc(Nc2nccn3c(-c4ccc(N(C)C)nc4)cnc23)c1.CN(C)c1cccc(Nc2nccn3c(-c4cccc(C(=O)O)c4)cnc23)c1.COc1ccc(-c2cnc3c(Nc4cccc(N(C)C)c4)nccn23)cn1.COc1ccc(Cl)cc1NC(=O)Nc1nccn2c(-c3cnn(C)c3)cnc12.Cn1cc(-c2cnc3c(NC(=O)Nc4ccccc4Cl)nccn23)cn1. The predicted molar refractivity (Wildman–Crippen MR) is 536 cm³/mol. The third kappa shape index (κ3) is 21.6. The molecule has 14 aromatic heterocycles. The Balaban J connectivity index is 0.000000124. The molecule has 0 radical (unpaired) electrons. The summed E-state index contributed by atoms with van der Waals surface area (Å²) in [4.78, 5) is 97.2. The number of aryl methyl sites for hydroxylation is 2. The molecule has 0 spiro atoms. The summed E-state index contributed by atoms with van der Waals surface area (Å²) in [5.41, 5.74) is 19.5. The summed E-state index contributed by atoms with van der Waals surface area (Å²) in [5.74, 6) is 3.72. The molecule has 0 aliphatic rings. The van der Waals surface area contributed by atoms with Gasteiger partial charge in [0, 0.05) is 230 Å². The minimum atomic E-state index is -0.958. The van der Waals surface area contributed by atoms with E-state index in [-0.39, 0.29) is 5.56 Å². The second-order valence-corrected chi connectivity index (χ2v) is 32.2. The summed E-state index contributed by atoms with van der Waals surface area (Å²) < 4.78 is 23.4. The first-order valence-electron chi connectivity index (χ1n) is 42.3. The lowest BCUT2D eigenvalue weighted by atomic mass is 10.1. The second-order valence-electron chi connectivity index (χ2n) is 31.3. The number of fused-ring (bicyclic) bond motifs is 5. The Morgan fingerprint density at radius 1 is 0.350 bits per heavy atom. The average molecular weight is 1870 g/mol. The van der Waals surface area contributed by atoms with Crippen LogP contribution in [-0.2, 0) is 14.1 Å². The van der Waals surface area contributed by atoms with Crippen molar-refractivity contribution in [1.82, 2.24) is 101 Å². The molecule has 20 aromatic rings. The number of hydrogen-bond donors (Lipinski definition) is 8. The molecule has 0 bridgehead atoms. The van der Waals surface area contributed by atoms with Crippen molar-refractivity contribution in [3.63, 3.8) is 0 Å². The first-order valence-corrected chi connectivity index (χ1v) is 43.1. The van der Waals surface area contributed by atoms with Gasteiger partial charge in [-0.1, -0.05) is 65.7 Å². The minimum absolute atomic E-state index is 0.236. The summed E-state index contributed by atoms with van der Waals surface area (Å²) >= 11 is 12.1. The molecule has 0 atom stereocenters. The molecule has 0 aliphatic heterocycles. The first kappa shape index (κ1) is 92.2. The maximum Gasteiger partial charge on any atom is 0.335 e. The van der Waals surface area contributed by atoms with Crippen LogP contribution in [0.25, 0.3) is 84.5 Å². The Bertz CT molecular complexity index is 7700. The fourth-order valence-electron chi connectivity index (χ4n) is 14.3. The smallest absolute Gasteiger partial charge is 0.335 e. The van der Waals surface area contributed by atoms with E-state index < -0.39 is 18.0 Å². The number of nitrogens with zero attached hydrogens (tertiary/aromatic N) is 25. The van der Waals surface area contributed by atoms with E-state index in [1.807, 2.05) is 225 Å². The van der Waals surface area contributed by atoms with Gasteiger partial charge in [0.05, 0.1) is 108 Å². The molecule has 20 rings (SSSR count). The zero-order valence-corrected chi connectivity index (χ0v) is 77.6. The van der Waals surface area contributed by atoms with E-state index in [1.165, 1.54) is 7.11 Å². The van der Waals surface area contributed by atoms with Crippen molar-refractivity contribution >= 4 is 150 Å². The van der Waals surface area contributed by atoms with E-state index in [1.54, 1.807) is 158 Å². The zero-order chi connectivity index (χ0) is 95.9. The highest BCUT2D eigenvalue weighted by atomic mass is 35.5. The molecule has 0 aliphatic carbocycles.